The molecule has 5 nitrogen and oxygen atoms in total. The summed E-state index contributed by atoms with van der Waals surface area (Å²) in [5.74, 6) is -0.114. The summed E-state index contributed by atoms with van der Waals surface area (Å²) in [5, 5.41) is 3.00. The molecule has 19 heavy (non-hydrogen) atoms. The molecular formula is C13H21N3O2S. The Balaban J connectivity index is 1.84. The van der Waals surface area contributed by atoms with Gasteiger partial charge in [0.1, 0.15) is 0 Å². The summed E-state index contributed by atoms with van der Waals surface area (Å²) in [6.07, 6.45) is 7.39. The SMILES string of the molecule is CCOCCC1(CNC(=O)c2cnsn2)CCCC1. The van der Waals surface area contributed by atoms with Gasteiger partial charge in [0, 0.05) is 19.8 Å². The lowest BCUT2D eigenvalue weighted by Crippen LogP contribution is -2.37. The van der Waals surface area contributed by atoms with Gasteiger partial charge in [0.15, 0.2) is 5.69 Å². The van der Waals surface area contributed by atoms with E-state index in [9.17, 15) is 4.79 Å². The normalized spacial score (nSPS) is 17.5. The average Bonchev–Trinajstić information content (AvgIpc) is 3.08. The second kappa shape index (κ2) is 6.96. The average molecular weight is 283 g/mol. The van der Waals surface area contributed by atoms with Gasteiger partial charge in [0.2, 0.25) is 0 Å². The van der Waals surface area contributed by atoms with E-state index in [-0.39, 0.29) is 11.3 Å². The molecule has 1 aliphatic rings. The Morgan fingerprint density at radius 1 is 1.53 bits per heavy atom. The first kappa shape index (κ1) is 14.4. The second-order valence-electron chi connectivity index (χ2n) is 5.13. The Morgan fingerprint density at radius 2 is 2.32 bits per heavy atom. The van der Waals surface area contributed by atoms with Gasteiger partial charge in [0.25, 0.3) is 5.91 Å². The summed E-state index contributed by atoms with van der Waals surface area (Å²) in [4.78, 5) is 11.9. The molecule has 1 aromatic rings. The van der Waals surface area contributed by atoms with Crippen LogP contribution in [0.1, 0.15) is 49.5 Å². The van der Waals surface area contributed by atoms with E-state index in [0.717, 1.165) is 37.9 Å². The number of rotatable bonds is 7. The van der Waals surface area contributed by atoms with Gasteiger partial charge in [-0.3, -0.25) is 4.79 Å². The first-order valence-corrected chi connectivity index (χ1v) is 7.62. The smallest absolute Gasteiger partial charge is 0.272 e. The van der Waals surface area contributed by atoms with Crippen molar-refractivity contribution in [3.8, 4) is 0 Å². The number of amides is 1. The van der Waals surface area contributed by atoms with E-state index in [4.69, 9.17) is 4.74 Å². The van der Waals surface area contributed by atoms with E-state index in [1.807, 2.05) is 6.92 Å². The fourth-order valence-corrected chi connectivity index (χ4v) is 3.11. The van der Waals surface area contributed by atoms with E-state index in [0.29, 0.717) is 5.69 Å². The largest absolute Gasteiger partial charge is 0.382 e. The van der Waals surface area contributed by atoms with E-state index < -0.39 is 0 Å². The Morgan fingerprint density at radius 3 is 2.95 bits per heavy atom. The Labute approximate surface area is 118 Å². The number of hydrogen-bond donors (Lipinski definition) is 1. The third kappa shape index (κ3) is 3.98. The topological polar surface area (TPSA) is 64.1 Å². The Kier molecular flexibility index (Phi) is 5.27. The highest BCUT2D eigenvalue weighted by molar-refractivity contribution is 6.99. The minimum absolute atomic E-state index is 0.114. The quantitative estimate of drug-likeness (QED) is 0.780. The summed E-state index contributed by atoms with van der Waals surface area (Å²) >= 11 is 1.06. The lowest BCUT2D eigenvalue weighted by molar-refractivity contribution is 0.0860. The molecule has 2 rings (SSSR count). The molecule has 0 aromatic carbocycles. The van der Waals surface area contributed by atoms with Crippen LogP contribution in [-0.4, -0.2) is 34.4 Å². The summed E-state index contributed by atoms with van der Waals surface area (Å²) in [6, 6.07) is 0. The predicted octanol–water partition coefficient (Wildman–Crippen LogP) is 2.25. The second-order valence-corrected chi connectivity index (χ2v) is 5.69. The van der Waals surface area contributed by atoms with Crippen molar-refractivity contribution in [3.63, 3.8) is 0 Å². The number of carbonyl (C=O) groups excluding carboxylic acids is 1. The summed E-state index contributed by atoms with van der Waals surface area (Å²) in [6.45, 7) is 4.27. The first-order valence-electron chi connectivity index (χ1n) is 6.89. The number of ether oxygens (including phenoxy) is 1. The van der Waals surface area contributed by atoms with Gasteiger partial charge in [-0.05, 0) is 31.6 Å². The monoisotopic (exact) mass is 283 g/mol. The highest BCUT2D eigenvalue weighted by atomic mass is 32.1. The van der Waals surface area contributed by atoms with Gasteiger partial charge in [-0.15, -0.1) is 0 Å². The molecule has 1 N–H and O–H groups in total. The van der Waals surface area contributed by atoms with Crippen molar-refractivity contribution in [1.82, 2.24) is 14.1 Å². The molecule has 1 saturated carbocycles. The van der Waals surface area contributed by atoms with Crippen molar-refractivity contribution in [2.45, 2.75) is 39.0 Å². The fraction of sp³-hybridized carbons (Fsp3) is 0.769. The van der Waals surface area contributed by atoms with Crippen molar-refractivity contribution in [1.29, 1.82) is 0 Å². The minimum Gasteiger partial charge on any atom is -0.382 e. The van der Waals surface area contributed by atoms with Crippen molar-refractivity contribution in [3.05, 3.63) is 11.9 Å². The summed E-state index contributed by atoms with van der Waals surface area (Å²) < 4.78 is 13.3. The van der Waals surface area contributed by atoms with Crippen LogP contribution in [-0.2, 0) is 4.74 Å². The molecule has 1 amide bonds. The van der Waals surface area contributed by atoms with Crippen LogP contribution >= 0.6 is 11.7 Å². The van der Waals surface area contributed by atoms with Crippen molar-refractivity contribution in [2.24, 2.45) is 5.41 Å². The molecule has 0 unspecified atom stereocenters. The standard InChI is InChI=1S/C13H21N3O2S/c1-2-18-8-7-13(5-3-4-6-13)10-14-12(17)11-9-15-19-16-11/h9H,2-8,10H2,1H3,(H,14,17). The Bertz CT molecular complexity index is 389. The maximum atomic E-state index is 11.9. The minimum atomic E-state index is -0.114. The highest BCUT2D eigenvalue weighted by Crippen LogP contribution is 2.40. The molecule has 1 fully saturated rings. The maximum Gasteiger partial charge on any atom is 0.272 e. The van der Waals surface area contributed by atoms with Crippen LogP contribution in [0.25, 0.3) is 0 Å². The molecule has 0 atom stereocenters. The molecule has 0 radical (unpaired) electrons. The number of nitrogens with one attached hydrogen (secondary N) is 1. The summed E-state index contributed by atoms with van der Waals surface area (Å²) in [5.41, 5.74) is 0.636. The van der Waals surface area contributed by atoms with Crippen molar-refractivity contribution < 1.29 is 9.53 Å². The Hall–Kier alpha value is -1.01. The van der Waals surface area contributed by atoms with Gasteiger partial charge < -0.3 is 10.1 Å². The lowest BCUT2D eigenvalue weighted by atomic mass is 9.83. The van der Waals surface area contributed by atoms with Gasteiger partial charge >= 0.3 is 0 Å². The molecule has 1 aliphatic carbocycles. The van der Waals surface area contributed by atoms with E-state index >= 15 is 0 Å². The molecule has 6 heteroatoms. The van der Waals surface area contributed by atoms with E-state index in [1.165, 1.54) is 31.9 Å². The molecular weight excluding hydrogens is 262 g/mol. The van der Waals surface area contributed by atoms with Gasteiger partial charge in [-0.1, -0.05) is 12.8 Å². The molecule has 0 aliphatic heterocycles. The van der Waals surface area contributed by atoms with E-state index in [2.05, 4.69) is 14.1 Å². The van der Waals surface area contributed by atoms with Gasteiger partial charge in [-0.25, -0.2) is 0 Å². The van der Waals surface area contributed by atoms with Crippen LogP contribution in [0.4, 0.5) is 0 Å². The van der Waals surface area contributed by atoms with Crippen LogP contribution in [0, 0.1) is 5.41 Å². The van der Waals surface area contributed by atoms with Crippen molar-refractivity contribution >= 4 is 17.6 Å². The summed E-state index contributed by atoms with van der Waals surface area (Å²) in [7, 11) is 0. The first-order chi connectivity index (χ1) is 9.26. The molecule has 1 heterocycles. The zero-order valence-electron chi connectivity index (χ0n) is 11.4. The molecule has 0 bridgehead atoms. The molecule has 0 saturated heterocycles. The zero-order chi connectivity index (χ0) is 13.6. The van der Waals surface area contributed by atoms with Crippen LogP contribution in [0.3, 0.4) is 0 Å². The third-order valence-corrected chi connectivity index (χ3v) is 4.34. The van der Waals surface area contributed by atoms with Crippen LogP contribution in [0.15, 0.2) is 6.20 Å². The zero-order valence-corrected chi connectivity index (χ0v) is 12.2. The van der Waals surface area contributed by atoms with Crippen LogP contribution in [0.5, 0.6) is 0 Å². The van der Waals surface area contributed by atoms with Crippen molar-refractivity contribution in [2.75, 3.05) is 19.8 Å². The molecule has 106 valence electrons. The molecule has 1 aromatic heterocycles. The lowest BCUT2D eigenvalue weighted by Gasteiger charge is -2.29. The predicted molar refractivity (Wildman–Crippen MR) is 74.3 cm³/mol. The number of hydrogen-bond acceptors (Lipinski definition) is 5. The van der Waals surface area contributed by atoms with Gasteiger partial charge in [0.05, 0.1) is 17.9 Å². The number of nitrogens with zero attached hydrogens (tertiary/aromatic N) is 2. The number of carbonyl (C=O) groups is 1. The van der Waals surface area contributed by atoms with Gasteiger partial charge in [-0.2, -0.15) is 8.75 Å². The maximum absolute atomic E-state index is 11.9. The number of aromatic nitrogens is 2. The fourth-order valence-electron chi connectivity index (χ4n) is 2.70. The van der Waals surface area contributed by atoms with Crippen LogP contribution in [0.2, 0.25) is 0 Å². The highest BCUT2D eigenvalue weighted by Gasteiger charge is 2.34. The third-order valence-electron chi connectivity index (χ3n) is 3.86. The van der Waals surface area contributed by atoms with E-state index in [1.54, 1.807) is 0 Å². The van der Waals surface area contributed by atoms with Crippen LogP contribution < -0.4 is 5.32 Å². The molecule has 0 spiro atoms.